The Bertz CT molecular complexity index is 713. The third-order valence-electron chi connectivity index (χ3n) is 5.52. The number of carboxylic acids is 1. The summed E-state index contributed by atoms with van der Waals surface area (Å²) in [5, 5.41) is 12.9. The number of carbonyl (C=O) groups is 3. The summed E-state index contributed by atoms with van der Waals surface area (Å²) >= 11 is 1.37. The summed E-state index contributed by atoms with van der Waals surface area (Å²) in [4.78, 5) is 37.8. The molecule has 0 saturated heterocycles. The molecule has 1 aromatic rings. The van der Waals surface area contributed by atoms with Crippen LogP contribution in [-0.2, 0) is 20.7 Å². The molecule has 2 N–H and O–H groups in total. The summed E-state index contributed by atoms with van der Waals surface area (Å²) in [5.41, 5.74) is 0.365. The largest absolute Gasteiger partial charge is 0.481 e. The van der Waals surface area contributed by atoms with Gasteiger partial charge in [0.2, 0.25) is 5.91 Å². The molecule has 4 unspecified atom stereocenters. The van der Waals surface area contributed by atoms with E-state index in [0.29, 0.717) is 10.6 Å². The molecule has 0 radical (unpaired) electrons. The molecule has 2 fully saturated rings. The van der Waals surface area contributed by atoms with Gasteiger partial charge in [0.05, 0.1) is 24.0 Å². The Hall–Kier alpha value is -1.89. The number of aryl methyl sites for hydroxylation is 1. The maximum absolute atomic E-state index is 12.9. The third-order valence-corrected chi connectivity index (χ3v) is 6.63. The van der Waals surface area contributed by atoms with Gasteiger partial charge in [0.15, 0.2) is 0 Å². The molecular weight excluding hydrogens is 354 g/mol. The highest BCUT2D eigenvalue weighted by Gasteiger charge is 2.54. The highest BCUT2D eigenvalue weighted by atomic mass is 32.1. The molecule has 2 saturated carbocycles. The van der Waals surface area contributed by atoms with Gasteiger partial charge in [-0.2, -0.15) is 0 Å². The number of carbonyl (C=O) groups excluding carboxylic acids is 2. The van der Waals surface area contributed by atoms with Gasteiger partial charge in [0.25, 0.3) is 0 Å². The van der Waals surface area contributed by atoms with Crippen LogP contribution >= 0.6 is 11.3 Å². The first-order valence-corrected chi connectivity index (χ1v) is 10.1. The van der Waals surface area contributed by atoms with Crippen LogP contribution in [0.5, 0.6) is 0 Å². The van der Waals surface area contributed by atoms with E-state index in [1.165, 1.54) is 11.3 Å². The Balaban J connectivity index is 1.82. The number of fused-ring (bicyclic) bond motifs is 2. The first-order chi connectivity index (χ1) is 12.5. The lowest BCUT2D eigenvalue weighted by molar-refractivity contribution is -0.148. The molecule has 3 rings (SSSR count). The van der Waals surface area contributed by atoms with Crippen molar-refractivity contribution < 1.29 is 24.2 Å². The average molecular weight is 379 g/mol. The number of thiophene rings is 1. The molecule has 2 aliphatic rings. The van der Waals surface area contributed by atoms with E-state index in [2.05, 4.69) is 12.2 Å². The molecule has 1 aromatic heterocycles. The molecule has 2 aliphatic carbocycles. The molecule has 0 spiro atoms. The van der Waals surface area contributed by atoms with Crippen molar-refractivity contribution in [3.8, 4) is 0 Å². The van der Waals surface area contributed by atoms with Gasteiger partial charge in [0.1, 0.15) is 5.00 Å². The number of nitrogens with one attached hydrogen (secondary N) is 1. The number of ether oxygens (including phenoxy) is 1. The van der Waals surface area contributed by atoms with Crippen LogP contribution in [0.25, 0.3) is 0 Å². The highest BCUT2D eigenvalue weighted by Crippen LogP contribution is 2.52. The van der Waals surface area contributed by atoms with Crippen LogP contribution in [-0.4, -0.2) is 29.6 Å². The maximum atomic E-state index is 12.9. The van der Waals surface area contributed by atoms with Crippen LogP contribution in [0.2, 0.25) is 0 Å². The van der Waals surface area contributed by atoms with Crippen LogP contribution in [0.1, 0.15) is 54.8 Å². The van der Waals surface area contributed by atoms with Crippen molar-refractivity contribution in [3.05, 3.63) is 16.5 Å². The molecule has 26 heavy (non-hydrogen) atoms. The van der Waals surface area contributed by atoms with Gasteiger partial charge in [-0.3, -0.25) is 9.59 Å². The van der Waals surface area contributed by atoms with Gasteiger partial charge in [0, 0.05) is 4.88 Å². The summed E-state index contributed by atoms with van der Waals surface area (Å²) in [5.74, 6) is -2.53. The second kappa shape index (κ2) is 7.78. The molecule has 142 valence electrons. The number of hydrogen-bond donors (Lipinski definition) is 2. The quantitative estimate of drug-likeness (QED) is 0.707. The number of aliphatic carboxylic acids is 1. The SMILES string of the molecule is CCCc1cc(C(=O)OCC)c(NC(=O)C2C3CCC(C3)C2C(=O)O)s1. The minimum atomic E-state index is -0.888. The van der Waals surface area contributed by atoms with E-state index in [0.717, 1.165) is 37.0 Å². The summed E-state index contributed by atoms with van der Waals surface area (Å²) in [6.45, 7) is 4.05. The minimum Gasteiger partial charge on any atom is -0.481 e. The van der Waals surface area contributed by atoms with Crippen molar-refractivity contribution in [3.63, 3.8) is 0 Å². The molecular formula is C19H25NO5S. The van der Waals surface area contributed by atoms with Gasteiger partial charge < -0.3 is 15.2 Å². The Kier molecular flexibility index (Phi) is 5.65. The Morgan fingerprint density at radius 1 is 1.23 bits per heavy atom. The van der Waals surface area contributed by atoms with Crippen molar-refractivity contribution in [2.75, 3.05) is 11.9 Å². The van der Waals surface area contributed by atoms with Gasteiger partial charge in [-0.15, -0.1) is 11.3 Å². The first-order valence-electron chi connectivity index (χ1n) is 9.29. The number of anilines is 1. The molecule has 1 heterocycles. The van der Waals surface area contributed by atoms with Crippen LogP contribution in [0.15, 0.2) is 6.07 Å². The summed E-state index contributed by atoms with van der Waals surface area (Å²) in [6, 6.07) is 1.78. The average Bonchev–Trinajstić information content (AvgIpc) is 3.29. The standard InChI is InChI=1S/C19H25NO5S/c1-3-5-12-9-13(19(24)25-4-2)17(26-12)20-16(21)14-10-6-7-11(8-10)15(14)18(22)23/h9-11,14-15H,3-8H2,1-2H3,(H,20,21)(H,22,23). The Morgan fingerprint density at radius 3 is 2.54 bits per heavy atom. The molecule has 1 amide bonds. The van der Waals surface area contributed by atoms with Gasteiger partial charge >= 0.3 is 11.9 Å². The van der Waals surface area contributed by atoms with Crippen LogP contribution in [0.4, 0.5) is 5.00 Å². The predicted octanol–water partition coefficient (Wildman–Crippen LogP) is 3.56. The van der Waals surface area contributed by atoms with Crippen LogP contribution in [0.3, 0.4) is 0 Å². The number of esters is 1. The minimum absolute atomic E-state index is 0.0942. The van der Waals surface area contributed by atoms with Gasteiger partial charge in [-0.25, -0.2) is 4.79 Å². The zero-order chi connectivity index (χ0) is 18.8. The number of amides is 1. The number of carboxylic acid groups (broad SMARTS) is 1. The lowest BCUT2D eigenvalue weighted by Crippen LogP contribution is -2.37. The van der Waals surface area contributed by atoms with E-state index in [1.807, 2.05) is 0 Å². The molecule has 2 bridgehead atoms. The van der Waals surface area contributed by atoms with Crippen molar-refractivity contribution in [1.82, 2.24) is 0 Å². The van der Waals surface area contributed by atoms with Crippen molar-refractivity contribution >= 4 is 34.2 Å². The van der Waals surface area contributed by atoms with Crippen molar-refractivity contribution in [2.24, 2.45) is 23.7 Å². The first kappa shape index (κ1) is 18.9. The lowest BCUT2D eigenvalue weighted by atomic mass is 9.79. The Morgan fingerprint density at radius 2 is 1.92 bits per heavy atom. The normalized spacial score (nSPS) is 26.7. The van der Waals surface area contributed by atoms with Gasteiger partial charge in [-0.1, -0.05) is 13.3 Å². The van der Waals surface area contributed by atoms with Crippen molar-refractivity contribution in [1.29, 1.82) is 0 Å². The fourth-order valence-electron chi connectivity index (χ4n) is 4.48. The fourth-order valence-corrected chi connectivity index (χ4v) is 5.63. The molecule has 4 atom stereocenters. The van der Waals surface area contributed by atoms with E-state index < -0.39 is 23.8 Å². The number of hydrogen-bond acceptors (Lipinski definition) is 5. The summed E-state index contributed by atoms with van der Waals surface area (Å²) in [7, 11) is 0. The molecule has 0 aromatic carbocycles. The zero-order valence-electron chi connectivity index (χ0n) is 15.1. The third kappa shape index (κ3) is 3.49. The summed E-state index contributed by atoms with van der Waals surface area (Å²) < 4.78 is 5.10. The van der Waals surface area contributed by atoms with Crippen LogP contribution in [0, 0.1) is 23.7 Å². The van der Waals surface area contributed by atoms with E-state index in [-0.39, 0.29) is 24.3 Å². The highest BCUT2D eigenvalue weighted by molar-refractivity contribution is 7.16. The zero-order valence-corrected chi connectivity index (χ0v) is 15.9. The fraction of sp³-hybridized carbons (Fsp3) is 0.632. The maximum Gasteiger partial charge on any atom is 0.341 e. The lowest BCUT2D eigenvalue weighted by Gasteiger charge is -2.26. The van der Waals surface area contributed by atoms with E-state index in [4.69, 9.17) is 4.74 Å². The molecule has 7 heteroatoms. The second-order valence-corrected chi connectivity index (χ2v) is 8.27. The topological polar surface area (TPSA) is 92.7 Å². The van der Waals surface area contributed by atoms with E-state index in [1.54, 1.807) is 13.0 Å². The smallest absolute Gasteiger partial charge is 0.341 e. The predicted molar refractivity (Wildman–Crippen MR) is 98.3 cm³/mol. The second-order valence-electron chi connectivity index (χ2n) is 7.14. The molecule has 0 aliphatic heterocycles. The molecule has 6 nitrogen and oxygen atoms in total. The number of rotatable bonds is 7. The Labute approximate surface area is 156 Å². The summed E-state index contributed by atoms with van der Waals surface area (Å²) in [6.07, 6.45) is 4.36. The van der Waals surface area contributed by atoms with Crippen LogP contribution < -0.4 is 5.32 Å². The van der Waals surface area contributed by atoms with E-state index >= 15 is 0 Å². The van der Waals surface area contributed by atoms with E-state index in [9.17, 15) is 19.5 Å². The monoisotopic (exact) mass is 379 g/mol. The van der Waals surface area contributed by atoms with Crippen molar-refractivity contribution in [2.45, 2.75) is 46.0 Å². The van der Waals surface area contributed by atoms with Gasteiger partial charge in [-0.05, 0) is 50.5 Å².